The Morgan fingerprint density at radius 1 is 1.22 bits per heavy atom. The van der Waals surface area contributed by atoms with Crippen LogP contribution in [0.15, 0.2) is 48.5 Å². The molecule has 0 spiro atoms. The molecule has 0 radical (unpaired) electrons. The number of rotatable bonds is 5. The summed E-state index contributed by atoms with van der Waals surface area (Å²) in [7, 11) is 0. The van der Waals surface area contributed by atoms with Crippen molar-refractivity contribution < 1.29 is 24.0 Å². The molecule has 1 N–H and O–H groups in total. The van der Waals surface area contributed by atoms with Gasteiger partial charge in [-0.05, 0) is 30.3 Å². The van der Waals surface area contributed by atoms with Crippen molar-refractivity contribution in [2.75, 3.05) is 30.0 Å². The summed E-state index contributed by atoms with van der Waals surface area (Å²) in [5, 5.41) is 13.5. The maximum absolute atomic E-state index is 11.9. The van der Waals surface area contributed by atoms with Gasteiger partial charge in [-0.3, -0.25) is 20.2 Å². The summed E-state index contributed by atoms with van der Waals surface area (Å²) in [6, 6.07) is 12.8. The zero-order chi connectivity index (χ0) is 19.2. The van der Waals surface area contributed by atoms with Crippen LogP contribution in [0, 0.1) is 10.1 Å². The fraction of sp³-hybridized carbons (Fsp3) is 0.222. The lowest BCUT2D eigenvalue weighted by Gasteiger charge is -2.26. The number of nitro groups is 1. The largest absolute Gasteiger partial charge is 0.444 e. The molecule has 1 fully saturated rings. The van der Waals surface area contributed by atoms with Crippen molar-refractivity contribution in [3.63, 3.8) is 0 Å². The molecule has 0 aromatic heterocycles. The highest BCUT2D eigenvalue weighted by atomic mass is 16.6. The van der Waals surface area contributed by atoms with Gasteiger partial charge in [-0.15, -0.1) is 0 Å². The molecule has 3 rings (SSSR count). The number of nitrogens with one attached hydrogen (secondary N) is 1. The Hall–Kier alpha value is -3.46. The van der Waals surface area contributed by atoms with E-state index >= 15 is 0 Å². The highest BCUT2D eigenvalue weighted by Crippen LogP contribution is 2.21. The molecule has 0 aliphatic carbocycles. The first-order valence-corrected chi connectivity index (χ1v) is 8.19. The molecule has 9 heteroatoms. The number of morpholine rings is 1. The number of ether oxygens (including phenoxy) is 2. The second kappa shape index (κ2) is 8.28. The molecule has 2 amide bonds. The average Bonchev–Trinajstić information content (AvgIpc) is 2.68. The molecular weight excluding hydrogens is 354 g/mol. The summed E-state index contributed by atoms with van der Waals surface area (Å²) in [6.45, 7) is 0.786. The number of benzene rings is 2. The topological polar surface area (TPSA) is 111 Å². The third kappa shape index (κ3) is 4.59. The minimum Gasteiger partial charge on any atom is -0.444 e. The summed E-state index contributed by atoms with van der Waals surface area (Å²) < 4.78 is 10.1. The molecule has 1 aliphatic rings. The Labute approximate surface area is 154 Å². The molecule has 2 aromatic carbocycles. The second-order valence-electron chi connectivity index (χ2n) is 5.73. The number of anilines is 2. The second-order valence-corrected chi connectivity index (χ2v) is 5.73. The maximum atomic E-state index is 11.9. The molecule has 1 heterocycles. The number of para-hydroxylation sites is 1. The van der Waals surface area contributed by atoms with Crippen LogP contribution < -0.4 is 10.2 Å². The predicted octanol–water partition coefficient (Wildman–Crippen LogP) is 2.71. The van der Waals surface area contributed by atoms with E-state index in [-0.39, 0.29) is 24.8 Å². The van der Waals surface area contributed by atoms with Gasteiger partial charge in [0.05, 0.1) is 17.1 Å². The zero-order valence-corrected chi connectivity index (χ0v) is 14.3. The van der Waals surface area contributed by atoms with Crippen LogP contribution in [0.25, 0.3) is 0 Å². The molecule has 27 heavy (non-hydrogen) atoms. The first-order valence-electron chi connectivity index (χ1n) is 8.19. The van der Waals surface area contributed by atoms with Gasteiger partial charge in [0, 0.05) is 24.0 Å². The van der Waals surface area contributed by atoms with E-state index in [1.807, 2.05) is 0 Å². The Morgan fingerprint density at radius 3 is 2.67 bits per heavy atom. The van der Waals surface area contributed by atoms with Gasteiger partial charge in [-0.25, -0.2) is 4.79 Å². The van der Waals surface area contributed by atoms with Crippen LogP contribution >= 0.6 is 0 Å². The van der Waals surface area contributed by atoms with E-state index in [2.05, 4.69) is 5.32 Å². The maximum Gasteiger partial charge on any atom is 0.411 e. The molecule has 0 atom stereocenters. The number of hydrogen-bond acceptors (Lipinski definition) is 6. The van der Waals surface area contributed by atoms with Crippen LogP contribution in [-0.2, 0) is 20.9 Å². The van der Waals surface area contributed by atoms with Crippen LogP contribution in [0.1, 0.15) is 5.56 Å². The van der Waals surface area contributed by atoms with Crippen LogP contribution in [0.4, 0.5) is 21.9 Å². The highest BCUT2D eigenvalue weighted by Gasteiger charge is 2.20. The summed E-state index contributed by atoms with van der Waals surface area (Å²) >= 11 is 0. The SMILES string of the molecule is O=C(Nc1ccc(N2CCOCC2=O)cc1)OCc1ccccc1[N+](=O)[O-]. The zero-order valence-electron chi connectivity index (χ0n) is 14.3. The first kappa shape index (κ1) is 18.3. The van der Waals surface area contributed by atoms with Crippen LogP contribution in [-0.4, -0.2) is 36.7 Å². The van der Waals surface area contributed by atoms with Gasteiger partial charge in [0.25, 0.3) is 11.6 Å². The van der Waals surface area contributed by atoms with Crippen molar-refractivity contribution in [3.8, 4) is 0 Å². The molecule has 0 saturated carbocycles. The van der Waals surface area contributed by atoms with Crippen molar-refractivity contribution >= 4 is 29.1 Å². The molecule has 0 unspecified atom stereocenters. The van der Waals surface area contributed by atoms with Crippen molar-refractivity contribution in [2.45, 2.75) is 6.61 Å². The van der Waals surface area contributed by atoms with E-state index in [4.69, 9.17) is 9.47 Å². The lowest BCUT2D eigenvalue weighted by molar-refractivity contribution is -0.385. The fourth-order valence-electron chi connectivity index (χ4n) is 2.62. The van der Waals surface area contributed by atoms with Crippen molar-refractivity contribution in [2.24, 2.45) is 0 Å². The standard InChI is InChI=1S/C18H17N3O6/c22-17-12-26-10-9-20(17)15-7-5-14(6-8-15)19-18(23)27-11-13-3-1-2-4-16(13)21(24)25/h1-8H,9-12H2,(H,19,23). The van der Waals surface area contributed by atoms with E-state index in [9.17, 15) is 19.7 Å². The number of carbonyl (C=O) groups is 2. The lowest BCUT2D eigenvalue weighted by atomic mass is 10.2. The summed E-state index contributed by atoms with van der Waals surface area (Å²) in [4.78, 5) is 35.8. The van der Waals surface area contributed by atoms with Gasteiger partial charge in [-0.1, -0.05) is 12.1 Å². The van der Waals surface area contributed by atoms with Crippen molar-refractivity contribution in [1.29, 1.82) is 0 Å². The molecule has 1 aliphatic heterocycles. The van der Waals surface area contributed by atoms with Crippen molar-refractivity contribution in [3.05, 3.63) is 64.2 Å². The van der Waals surface area contributed by atoms with Gasteiger partial charge in [0.15, 0.2) is 0 Å². The van der Waals surface area contributed by atoms with Gasteiger partial charge >= 0.3 is 6.09 Å². The average molecular weight is 371 g/mol. The van der Waals surface area contributed by atoms with E-state index in [0.717, 1.165) is 0 Å². The minimum atomic E-state index is -0.733. The highest BCUT2D eigenvalue weighted by molar-refractivity contribution is 5.95. The quantitative estimate of drug-likeness (QED) is 0.639. The van der Waals surface area contributed by atoms with Gasteiger partial charge in [-0.2, -0.15) is 0 Å². The Balaban J connectivity index is 1.57. The Bertz CT molecular complexity index is 852. The van der Waals surface area contributed by atoms with Gasteiger partial charge in [0.1, 0.15) is 13.2 Å². The molecule has 1 saturated heterocycles. The summed E-state index contributed by atoms with van der Waals surface area (Å²) in [6.07, 6.45) is -0.733. The lowest BCUT2D eigenvalue weighted by Crippen LogP contribution is -2.41. The normalized spacial score (nSPS) is 13.9. The Morgan fingerprint density at radius 2 is 1.96 bits per heavy atom. The number of amides is 2. The van der Waals surface area contributed by atoms with Crippen LogP contribution in [0.3, 0.4) is 0 Å². The van der Waals surface area contributed by atoms with Crippen LogP contribution in [0.2, 0.25) is 0 Å². The van der Waals surface area contributed by atoms with Gasteiger partial charge < -0.3 is 14.4 Å². The molecule has 2 aromatic rings. The third-order valence-corrected chi connectivity index (χ3v) is 3.96. The first-order chi connectivity index (χ1) is 13.0. The smallest absolute Gasteiger partial charge is 0.411 e. The molecular formula is C18H17N3O6. The van der Waals surface area contributed by atoms with Crippen LogP contribution in [0.5, 0.6) is 0 Å². The number of nitro benzene ring substituents is 1. The molecule has 0 bridgehead atoms. The number of carbonyl (C=O) groups excluding carboxylic acids is 2. The number of hydrogen-bond donors (Lipinski definition) is 1. The Kier molecular flexibility index (Phi) is 5.62. The van der Waals surface area contributed by atoms with E-state index < -0.39 is 11.0 Å². The molecule has 9 nitrogen and oxygen atoms in total. The molecule has 140 valence electrons. The third-order valence-electron chi connectivity index (χ3n) is 3.96. The van der Waals surface area contributed by atoms with E-state index in [0.29, 0.717) is 30.1 Å². The number of nitrogens with zero attached hydrogens (tertiary/aromatic N) is 2. The minimum absolute atomic E-state index is 0.0535. The summed E-state index contributed by atoms with van der Waals surface area (Å²) in [5.41, 5.74) is 1.39. The monoisotopic (exact) mass is 371 g/mol. The van der Waals surface area contributed by atoms with Crippen molar-refractivity contribution in [1.82, 2.24) is 0 Å². The van der Waals surface area contributed by atoms with E-state index in [1.165, 1.54) is 12.1 Å². The van der Waals surface area contributed by atoms with E-state index in [1.54, 1.807) is 41.3 Å². The predicted molar refractivity (Wildman–Crippen MR) is 96.5 cm³/mol. The summed E-state index contributed by atoms with van der Waals surface area (Å²) in [5.74, 6) is -0.120. The fourth-order valence-corrected chi connectivity index (χ4v) is 2.62. The van der Waals surface area contributed by atoms with Gasteiger partial charge in [0.2, 0.25) is 0 Å².